The molecule has 0 N–H and O–H groups in total. The van der Waals surface area contributed by atoms with Gasteiger partial charge in [0.15, 0.2) is 0 Å². The van der Waals surface area contributed by atoms with Crippen molar-refractivity contribution in [3.63, 3.8) is 0 Å². The van der Waals surface area contributed by atoms with Gasteiger partial charge in [-0.3, -0.25) is 4.21 Å². The average molecular weight is 503 g/mol. The van der Waals surface area contributed by atoms with Crippen molar-refractivity contribution in [2.45, 2.75) is 51.6 Å². The molecule has 4 rings (SSSR count). The number of pyridine rings is 1. The molecule has 10 heteroatoms. The van der Waals surface area contributed by atoms with E-state index >= 15 is 0 Å². The Morgan fingerprint density at radius 3 is 2.50 bits per heavy atom. The number of carbonyl (C=O) groups excluding carboxylic acids is 1. The fraction of sp³-hybridized carbons (Fsp3) is 0.458. The van der Waals surface area contributed by atoms with E-state index in [9.17, 15) is 13.6 Å². The molecule has 0 saturated carbocycles. The third-order valence-electron chi connectivity index (χ3n) is 5.86. The molecular formula is C24H28N3O5S2-. The molecule has 1 amide bonds. The molecule has 0 aliphatic carbocycles. The van der Waals surface area contributed by atoms with Gasteiger partial charge in [0.1, 0.15) is 16.5 Å². The van der Waals surface area contributed by atoms with E-state index in [1.54, 1.807) is 17.0 Å². The summed E-state index contributed by atoms with van der Waals surface area (Å²) in [6.07, 6.45) is 1.33. The van der Waals surface area contributed by atoms with E-state index in [0.29, 0.717) is 24.2 Å². The standard InChI is InChI=1S/C24H29N3O5S2/c1-15(2)31-24(28)27-12-10-18(11-13-27)16(3)32-23-26-21-9-8-20(25-22(21)33-23)19-6-4-17(5-7-19)14-34(29)30/h4-9,15-16,18H,10-14H2,1-3H3,(H,29,30)/p-1. The fourth-order valence-electron chi connectivity index (χ4n) is 4.00. The quantitative estimate of drug-likeness (QED) is 0.429. The highest BCUT2D eigenvalue weighted by Crippen LogP contribution is 2.32. The number of ether oxygens (including phenoxy) is 2. The van der Waals surface area contributed by atoms with Crippen molar-refractivity contribution in [3.8, 4) is 16.5 Å². The summed E-state index contributed by atoms with van der Waals surface area (Å²) in [6, 6.07) is 11.2. The van der Waals surface area contributed by atoms with Crippen molar-refractivity contribution < 1.29 is 23.0 Å². The molecule has 2 aromatic heterocycles. The minimum absolute atomic E-state index is 0.00152. The Balaban J connectivity index is 1.38. The van der Waals surface area contributed by atoms with E-state index in [4.69, 9.17) is 14.5 Å². The van der Waals surface area contributed by atoms with Gasteiger partial charge in [0.25, 0.3) is 5.19 Å². The Labute approximate surface area is 205 Å². The molecule has 182 valence electrons. The first kappa shape index (κ1) is 24.6. The van der Waals surface area contributed by atoms with Crippen LogP contribution in [0.15, 0.2) is 36.4 Å². The lowest BCUT2D eigenvalue weighted by atomic mass is 9.92. The number of aromatic nitrogens is 2. The number of hydrogen-bond donors (Lipinski definition) is 0. The highest BCUT2D eigenvalue weighted by molar-refractivity contribution is 7.78. The molecule has 1 aliphatic rings. The number of nitrogens with zero attached hydrogens (tertiary/aromatic N) is 3. The summed E-state index contributed by atoms with van der Waals surface area (Å²) < 4.78 is 33.2. The zero-order valence-electron chi connectivity index (χ0n) is 19.4. The maximum Gasteiger partial charge on any atom is 0.410 e. The Morgan fingerprint density at radius 1 is 1.15 bits per heavy atom. The van der Waals surface area contributed by atoms with Gasteiger partial charge >= 0.3 is 6.09 Å². The topological polar surface area (TPSA) is 105 Å². The second-order valence-corrected chi connectivity index (χ2v) is 10.6. The first-order valence-electron chi connectivity index (χ1n) is 11.3. The summed E-state index contributed by atoms with van der Waals surface area (Å²) >= 11 is -0.694. The molecule has 1 fully saturated rings. The number of rotatable bonds is 7. The van der Waals surface area contributed by atoms with E-state index in [-0.39, 0.29) is 24.1 Å². The molecule has 2 unspecified atom stereocenters. The number of likely N-dealkylation sites (tertiary alicyclic amines) is 1. The van der Waals surface area contributed by atoms with Crippen LogP contribution < -0.4 is 4.74 Å². The van der Waals surface area contributed by atoms with Gasteiger partial charge in [-0.25, -0.2) is 14.8 Å². The molecule has 3 aromatic rings. The second kappa shape index (κ2) is 10.8. The van der Waals surface area contributed by atoms with Crippen molar-refractivity contribution >= 4 is 38.9 Å². The van der Waals surface area contributed by atoms with Crippen LogP contribution >= 0.6 is 11.3 Å². The number of piperidine rings is 1. The molecule has 8 nitrogen and oxygen atoms in total. The number of fused-ring (bicyclic) bond motifs is 1. The molecule has 2 atom stereocenters. The van der Waals surface area contributed by atoms with Crippen LogP contribution in [0.5, 0.6) is 5.19 Å². The smallest absolute Gasteiger partial charge is 0.410 e. The van der Waals surface area contributed by atoms with Gasteiger partial charge in [-0.1, -0.05) is 46.7 Å². The summed E-state index contributed by atoms with van der Waals surface area (Å²) in [7, 11) is 0. The van der Waals surface area contributed by atoms with Crippen LogP contribution in [-0.4, -0.2) is 55.0 Å². The van der Waals surface area contributed by atoms with Crippen molar-refractivity contribution in [3.05, 3.63) is 42.0 Å². The molecule has 1 saturated heterocycles. The molecule has 1 aromatic carbocycles. The Kier molecular flexibility index (Phi) is 7.80. The number of thiazole rings is 1. The monoisotopic (exact) mass is 502 g/mol. The van der Waals surface area contributed by atoms with Crippen LogP contribution in [0.3, 0.4) is 0 Å². The average Bonchev–Trinajstić information content (AvgIpc) is 3.20. The maximum absolute atomic E-state index is 12.1. The van der Waals surface area contributed by atoms with E-state index in [1.807, 2.05) is 45.0 Å². The highest BCUT2D eigenvalue weighted by atomic mass is 32.2. The van der Waals surface area contributed by atoms with E-state index in [0.717, 1.165) is 40.0 Å². The van der Waals surface area contributed by atoms with Gasteiger partial charge in [0, 0.05) is 24.4 Å². The van der Waals surface area contributed by atoms with Crippen LogP contribution in [0.4, 0.5) is 4.79 Å². The van der Waals surface area contributed by atoms with Crippen molar-refractivity contribution in [1.82, 2.24) is 14.9 Å². The molecule has 1 aliphatic heterocycles. The number of benzene rings is 1. The summed E-state index contributed by atoms with van der Waals surface area (Å²) in [6.45, 7) is 7.09. The second-order valence-electron chi connectivity index (χ2n) is 8.73. The predicted molar refractivity (Wildman–Crippen MR) is 131 cm³/mol. The van der Waals surface area contributed by atoms with E-state index in [1.165, 1.54) is 11.3 Å². The predicted octanol–water partition coefficient (Wildman–Crippen LogP) is 4.76. The SMILES string of the molecule is CC(C)OC(=O)N1CCC(C(C)Oc2nc3ccc(-c4ccc(CS(=O)[O-])cc4)nc3s2)CC1. The largest absolute Gasteiger partial charge is 0.772 e. The summed E-state index contributed by atoms with van der Waals surface area (Å²) in [5, 5.41) is 0.585. The lowest BCUT2D eigenvalue weighted by molar-refractivity contribution is 0.0495. The van der Waals surface area contributed by atoms with Gasteiger partial charge < -0.3 is 18.9 Å². The minimum atomic E-state index is -2.11. The lowest BCUT2D eigenvalue weighted by Gasteiger charge is -2.34. The first-order valence-corrected chi connectivity index (χ1v) is 13.4. The third-order valence-corrected chi connectivity index (χ3v) is 7.28. The fourth-order valence-corrected chi connectivity index (χ4v) is 5.34. The minimum Gasteiger partial charge on any atom is -0.772 e. The molecular weight excluding hydrogens is 474 g/mol. The maximum atomic E-state index is 12.1. The van der Waals surface area contributed by atoms with Crippen LogP contribution in [0.25, 0.3) is 21.6 Å². The Bertz CT molecular complexity index is 1160. The van der Waals surface area contributed by atoms with Gasteiger partial charge in [-0.2, -0.15) is 0 Å². The lowest BCUT2D eigenvalue weighted by Crippen LogP contribution is -2.42. The van der Waals surface area contributed by atoms with Crippen molar-refractivity contribution in [2.75, 3.05) is 13.1 Å². The molecule has 0 spiro atoms. The zero-order valence-corrected chi connectivity index (χ0v) is 21.1. The van der Waals surface area contributed by atoms with Crippen LogP contribution in [-0.2, 0) is 21.6 Å². The van der Waals surface area contributed by atoms with Gasteiger partial charge in [-0.15, -0.1) is 0 Å². The summed E-state index contributed by atoms with van der Waals surface area (Å²) in [4.78, 5) is 24.0. The Hall–Kier alpha value is -2.56. The van der Waals surface area contributed by atoms with Crippen LogP contribution in [0.2, 0.25) is 0 Å². The first-order chi connectivity index (χ1) is 16.3. The van der Waals surface area contributed by atoms with Gasteiger partial charge in [0.2, 0.25) is 0 Å². The highest BCUT2D eigenvalue weighted by Gasteiger charge is 2.29. The number of hydrogen-bond acceptors (Lipinski definition) is 8. The van der Waals surface area contributed by atoms with E-state index < -0.39 is 11.1 Å². The zero-order chi connectivity index (χ0) is 24.2. The van der Waals surface area contributed by atoms with Crippen LogP contribution in [0, 0.1) is 5.92 Å². The van der Waals surface area contributed by atoms with Gasteiger partial charge in [-0.05, 0) is 57.2 Å². The van der Waals surface area contributed by atoms with E-state index in [2.05, 4.69) is 4.98 Å². The number of amides is 1. The normalized spacial score (nSPS) is 16.6. The summed E-state index contributed by atoms with van der Waals surface area (Å²) in [5.41, 5.74) is 3.23. The molecule has 0 bridgehead atoms. The van der Waals surface area contributed by atoms with Crippen LogP contribution in [0.1, 0.15) is 39.2 Å². The van der Waals surface area contributed by atoms with Gasteiger partial charge in [0.05, 0.1) is 11.8 Å². The third kappa shape index (κ3) is 6.11. The van der Waals surface area contributed by atoms with Crippen molar-refractivity contribution in [2.24, 2.45) is 5.92 Å². The molecule has 3 heterocycles. The Morgan fingerprint density at radius 2 is 1.85 bits per heavy atom. The molecule has 34 heavy (non-hydrogen) atoms. The molecule has 0 radical (unpaired) electrons. The van der Waals surface area contributed by atoms with Crippen molar-refractivity contribution in [1.29, 1.82) is 0 Å². The summed E-state index contributed by atoms with van der Waals surface area (Å²) in [5.74, 6) is 0.335. The number of carbonyl (C=O) groups is 1.